The first-order chi connectivity index (χ1) is 12.8. The molecule has 0 radical (unpaired) electrons. The first-order valence-electron chi connectivity index (χ1n) is 8.29. The first kappa shape index (κ1) is 18.9. The topological polar surface area (TPSA) is 64.5 Å². The Balaban J connectivity index is 1.75. The fraction of sp³-hybridized carbons (Fsp3) is 0.389. The molecule has 144 valence electrons. The summed E-state index contributed by atoms with van der Waals surface area (Å²) in [5, 5.41) is 0. The van der Waals surface area contributed by atoms with Crippen molar-refractivity contribution in [3.8, 4) is 5.75 Å². The highest BCUT2D eigenvalue weighted by Crippen LogP contribution is 2.37. The van der Waals surface area contributed by atoms with E-state index in [0.29, 0.717) is 31.2 Å². The molecule has 0 N–H and O–H groups in total. The largest absolute Gasteiger partial charge is 0.488 e. The molecule has 1 saturated heterocycles. The van der Waals surface area contributed by atoms with Crippen LogP contribution in [-0.4, -0.2) is 42.2 Å². The maximum atomic E-state index is 13.1. The second-order valence-corrected chi connectivity index (χ2v) is 6.15. The Labute approximate surface area is 153 Å². The van der Waals surface area contributed by atoms with Crippen molar-refractivity contribution in [2.75, 3.05) is 25.1 Å². The number of para-hydroxylation sites is 1. The third kappa shape index (κ3) is 4.29. The summed E-state index contributed by atoms with van der Waals surface area (Å²) in [7, 11) is 1.26. The third-order valence-electron chi connectivity index (χ3n) is 4.15. The Hall–Kier alpha value is -2.84. The van der Waals surface area contributed by atoms with Crippen molar-refractivity contribution in [3.63, 3.8) is 0 Å². The summed E-state index contributed by atoms with van der Waals surface area (Å²) in [5.41, 5.74) is -0.0813. The maximum Gasteiger partial charge on any atom is 0.419 e. The van der Waals surface area contributed by atoms with Crippen LogP contribution in [0.5, 0.6) is 5.75 Å². The van der Waals surface area contributed by atoms with Gasteiger partial charge in [0, 0.05) is 18.7 Å². The molecule has 0 spiro atoms. The van der Waals surface area contributed by atoms with Crippen LogP contribution >= 0.6 is 0 Å². The SMILES string of the molecule is COC(=O)c1cc(C)nc(N2CC[C@H](Oc3ccccc3C(F)(F)F)C2)n1. The summed E-state index contributed by atoms with van der Waals surface area (Å²) in [6.07, 6.45) is -4.42. The Morgan fingerprint density at radius 3 is 2.70 bits per heavy atom. The van der Waals surface area contributed by atoms with E-state index in [-0.39, 0.29) is 11.4 Å². The molecular formula is C18H18F3N3O3. The Morgan fingerprint density at radius 1 is 1.26 bits per heavy atom. The Bertz CT molecular complexity index is 842. The second kappa shape index (κ2) is 7.42. The lowest BCUT2D eigenvalue weighted by atomic mass is 10.2. The zero-order valence-corrected chi connectivity index (χ0v) is 14.8. The van der Waals surface area contributed by atoms with Crippen LogP contribution in [0.25, 0.3) is 0 Å². The van der Waals surface area contributed by atoms with E-state index in [1.807, 2.05) is 0 Å². The van der Waals surface area contributed by atoms with Gasteiger partial charge in [-0.1, -0.05) is 12.1 Å². The van der Waals surface area contributed by atoms with Gasteiger partial charge in [0.25, 0.3) is 0 Å². The highest BCUT2D eigenvalue weighted by Gasteiger charge is 2.35. The fourth-order valence-electron chi connectivity index (χ4n) is 2.89. The molecule has 3 rings (SSSR count). The van der Waals surface area contributed by atoms with E-state index in [2.05, 4.69) is 14.7 Å². The summed E-state index contributed by atoms with van der Waals surface area (Å²) >= 11 is 0. The molecule has 0 unspecified atom stereocenters. The molecule has 1 aliphatic rings. The smallest absolute Gasteiger partial charge is 0.419 e. The minimum Gasteiger partial charge on any atom is -0.488 e. The molecule has 1 aromatic carbocycles. The van der Waals surface area contributed by atoms with Gasteiger partial charge in [0.1, 0.15) is 11.9 Å². The molecule has 1 aliphatic heterocycles. The molecule has 2 aromatic rings. The third-order valence-corrected chi connectivity index (χ3v) is 4.15. The number of aromatic nitrogens is 2. The number of carbonyl (C=O) groups is 1. The molecule has 1 aromatic heterocycles. The number of esters is 1. The molecule has 27 heavy (non-hydrogen) atoms. The number of aryl methyl sites for hydroxylation is 1. The van der Waals surface area contributed by atoms with Gasteiger partial charge in [0.15, 0.2) is 5.69 Å². The normalized spacial score (nSPS) is 17.1. The van der Waals surface area contributed by atoms with E-state index in [1.165, 1.54) is 31.4 Å². The lowest BCUT2D eigenvalue weighted by Crippen LogP contribution is -2.27. The van der Waals surface area contributed by atoms with Crippen LogP contribution in [0.1, 0.15) is 28.2 Å². The van der Waals surface area contributed by atoms with Crippen molar-refractivity contribution < 1.29 is 27.4 Å². The van der Waals surface area contributed by atoms with Crippen molar-refractivity contribution >= 4 is 11.9 Å². The number of hydrogen-bond donors (Lipinski definition) is 0. The average Bonchev–Trinajstić information content (AvgIpc) is 3.08. The van der Waals surface area contributed by atoms with Crippen LogP contribution < -0.4 is 9.64 Å². The molecule has 1 fully saturated rings. The van der Waals surface area contributed by atoms with Crippen molar-refractivity contribution in [2.45, 2.75) is 25.6 Å². The van der Waals surface area contributed by atoms with Crippen LogP contribution in [0.15, 0.2) is 30.3 Å². The maximum absolute atomic E-state index is 13.1. The molecule has 6 nitrogen and oxygen atoms in total. The van der Waals surface area contributed by atoms with Gasteiger partial charge in [-0.05, 0) is 25.1 Å². The number of nitrogens with zero attached hydrogens (tertiary/aromatic N) is 3. The summed E-state index contributed by atoms with van der Waals surface area (Å²) in [6.45, 7) is 2.54. The minimum absolute atomic E-state index is 0.131. The van der Waals surface area contributed by atoms with E-state index in [0.717, 1.165) is 6.07 Å². The zero-order chi connectivity index (χ0) is 19.6. The molecule has 0 amide bonds. The summed E-state index contributed by atoms with van der Waals surface area (Å²) in [6, 6.07) is 6.65. The minimum atomic E-state index is -4.48. The van der Waals surface area contributed by atoms with Crippen molar-refractivity contribution in [3.05, 3.63) is 47.3 Å². The Morgan fingerprint density at radius 2 is 2.00 bits per heavy atom. The van der Waals surface area contributed by atoms with E-state index < -0.39 is 23.8 Å². The molecule has 0 bridgehead atoms. The molecule has 0 saturated carbocycles. The van der Waals surface area contributed by atoms with Crippen molar-refractivity contribution in [2.24, 2.45) is 0 Å². The Kier molecular flexibility index (Phi) is 5.20. The van der Waals surface area contributed by atoms with Crippen LogP contribution in [0, 0.1) is 6.92 Å². The van der Waals surface area contributed by atoms with E-state index in [4.69, 9.17) is 4.74 Å². The monoisotopic (exact) mass is 381 g/mol. The zero-order valence-electron chi connectivity index (χ0n) is 14.8. The number of alkyl halides is 3. The standard InChI is InChI=1S/C18H18F3N3O3/c1-11-9-14(16(25)26-2)23-17(22-11)24-8-7-12(10-24)27-15-6-4-3-5-13(15)18(19,20)21/h3-6,9,12H,7-8,10H2,1-2H3/t12-/m0/s1. The number of hydrogen-bond acceptors (Lipinski definition) is 6. The number of carbonyl (C=O) groups excluding carboxylic acids is 1. The quantitative estimate of drug-likeness (QED) is 0.758. The summed E-state index contributed by atoms with van der Waals surface area (Å²) in [4.78, 5) is 22.0. The van der Waals surface area contributed by atoms with Gasteiger partial charge in [-0.3, -0.25) is 0 Å². The van der Waals surface area contributed by atoms with Gasteiger partial charge in [-0.25, -0.2) is 14.8 Å². The molecule has 9 heteroatoms. The van der Waals surface area contributed by atoms with Gasteiger partial charge in [-0.2, -0.15) is 13.2 Å². The van der Waals surface area contributed by atoms with Gasteiger partial charge in [0.05, 0.1) is 19.2 Å². The highest BCUT2D eigenvalue weighted by molar-refractivity contribution is 5.87. The number of ether oxygens (including phenoxy) is 2. The lowest BCUT2D eigenvalue weighted by Gasteiger charge is -2.19. The second-order valence-electron chi connectivity index (χ2n) is 6.15. The summed E-state index contributed by atoms with van der Waals surface area (Å²) < 4.78 is 49.6. The molecular weight excluding hydrogens is 363 g/mol. The van der Waals surface area contributed by atoms with Crippen LogP contribution in [-0.2, 0) is 10.9 Å². The first-order valence-corrected chi connectivity index (χ1v) is 8.29. The summed E-state index contributed by atoms with van der Waals surface area (Å²) in [5.74, 6) is -0.448. The van der Waals surface area contributed by atoms with Crippen molar-refractivity contribution in [1.29, 1.82) is 0 Å². The fourth-order valence-corrected chi connectivity index (χ4v) is 2.89. The molecule has 0 aliphatic carbocycles. The number of rotatable bonds is 4. The van der Waals surface area contributed by atoms with Crippen LogP contribution in [0.4, 0.5) is 19.1 Å². The average molecular weight is 381 g/mol. The van der Waals surface area contributed by atoms with E-state index in [9.17, 15) is 18.0 Å². The van der Waals surface area contributed by atoms with Crippen LogP contribution in [0.2, 0.25) is 0 Å². The lowest BCUT2D eigenvalue weighted by molar-refractivity contribution is -0.139. The van der Waals surface area contributed by atoms with Crippen molar-refractivity contribution in [1.82, 2.24) is 9.97 Å². The molecule has 2 heterocycles. The number of methoxy groups -OCH3 is 1. The predicted octanol–water partition coefficient (Wildman–Crippen LogP) is 3.25. The van der Waals surface area contributed by atoms with E-state index >= 15 is 0 Å². The van der Waals surface area contributed by atoms with Crippen LogP contribution in [0.3, 0.4) is 0 Å². The number of halogens is 3. The van der Waals surface area contributed by atoms with E-state index in [1.54, 1.807) is 11.8 Å². The van der Waals surface area contributed by atoms with Gasteiger partial charge < -0.3 is 14.4 Å². The van der Waals surface area contributed by atoms with Gasteiger partial charge >= 0.3 is 12.1 Å². The highest BCUT2D eigenvalue weighted by atomic mass is 19.4. The molecule has 1 atom stereocenters. The number of benzene rings is 1. The van der Waals surface area contributed by atoms with Gasteiger partial charge in [0.2, 0.25) is 5.95 Å². The number of anilines is 1. The predicted molar refractivity (Wildman–Crippen MR) is 90.8 cm³/mol. The van der Waals surface area contributed by atoms with Gasteiger partial charge in [-0.15, -0.1) is 0 Å².